The molecule has 1 aromatic heterocycles. The van der Waals surface area contributed by atoms with Crippen LogP contribution in [-0.2, 0) is 4.79 Å². The summed E-state index contributed by atoms with van der Waals surface area (Å²) in [6.45, 7) is 3.13. The number of pyridine rings is 1. The summed E-state index contributed by atoms with van der Waals surface area (Å²) in [4.78, 5) is 28.4. The minimum absolute atomic E-state index is 0.130. The molecule has 1 N–H and O–H groups in total. The fraction of sp³-hybridized carbons (Fsp3) is 0.235. The molecule has 0 saturated carbocycles. The summed E-state index contributed by atoms with van der Waals surface area (Å²) >= 11 is 9.08. The molecule has 1 amide bonds. The molecule has 24 heavy (non-hydrogen) atoms. The Hall–Kier alpha value is -1.92. The predicted octanol–water partition coefficient (Wildman–Crippen LogP) is 3.65. The van der Waals surface area contributed by atoms with Crippen molar-refractivity contribution in [3.8, 4) is 5.75 Å². The van der Waals surface area contributed by atoms with Crippen LogP contribution in [0.5, 0.6) is 5.75 Å². The average molecular weight is 412 g/mol. The summed E-state index contributed by atoms with van der Waals surface area (Å²) in [6.07, 6.45) is 3.05. The topological polar surface area (TPSA) is 68.3 Å². The molecule has 0 radical (unpaired) electrons. The van der Waals surface area contributed by atoms with E-state index in [0.29, 0.717) is 20.8 Å². The predicted molar refractivity (Wildman–Crippen MR) is 95.4 cm³/mol. The van der Waals surface area contributed by atoms with Crippen LogP contribution in [0, 0.1) is 0 Å². The van der Waals surface area contributed by atoms with E-state index in [9.17, 15) is 9.59 Å². The summed E-state index contributed by atoms with van der Waals surface area (Å²) in [5.41, 5.74) is -0.675. The van der Waals surface area contributed by atoms with Crippen LogP contribution in [0.1, 0.15) is 24.2 Å². The van der Waals surface area contributed by atoms with Gasteiger partial charge in [-0.05, 0) is 60.1 Å². The smallest absolute Gasteiger partial charge is 0.263 e. The summed E-state index contributed by atoms with van der Waals surface area (Å²) < 4.78 is 6.26. The Bertz CT molecular complexity index is 748. The molecule has 0 bridgehead atoms. The second-order valence-corrected chi connectivity index (χ2v) is 6.82. The van der Waals surface area contributed by atoms with Gasteiger partial charge in [-0.2, -0.15) is 0 Å². The molecule has 0 aliphatic heterocycles. The van der Waals surface area contributed by atoms with Crippen LogP contribution in [0.25, 0.3) is 0 Å². The maximum Gasteiger partial charge on any atom is 0.263 e. The van der Waals surface area contributed by atoms with Gasteiger partial charge >= 0.3 is 0 Å². The Kier molecular flexibility index (Phi) is 5.96. The van der Waals surface area contributed by atoms with Crippen molar-refractivity contribution in [2.75, 3.05) is 6.54 Å². The first-order chi connectivity index (χ1) is 11.3. The van der Waals surface area contributed by atoms with E-state index in [1.807, 2.05) is 0 Å². The summed E-state index contributed by atoms with van der Waals surface area (Å²) in [5.74, 6) is -0.0985. The van der Waals surface area contributed by atoms with Gasteiger partial charge in [0.05, 0.1) is 6.54 Å². The van der Waals surface area contributed by atoms with Gasteiger partial charge in [0.1, 0.15) is 5.75 Å². The van der Waals surface area contributed by atoms with Crippen LogP contribution < -0.4 is 10.1 Å². The van der Waals surface area contributed by atoms with Crippen molar-refractivity contribution in [1.82, 2.24) is 10.3 Å². The van der Waals surface area contributed by atoms with E-state index in [4.69, 9.17) is 16.3 Å². The number of nitrogens with one attached hydrogen (secondary N) is 1. The molecule has 0 unspecified atom stereocenters. The Morgan fingerprint density at radius 2 is 1.92 bits per heavy atom. The van der Waals surface area contributed by atoms with E-state index in [0.717, 1.165) is 0 Å². The number of aromatic nitrogens is 1. The molecule has 0 saturated heterocycles. The van der Waals surface area contributed by atoms with Crippen LogP contribution in [0.3, 0.4) is 0 Å². The third kappa shape index (κ3) is 4.79. The molecule has 1 heterocycles. The number of halogens is 2. The molecule has 126 valence electrons. The first-order valence-electron chi connectivity index (χ1n) is 7.15. The Balaban J connectivity index is 1.96. The van der Waals surface area contributed by atoms with Gasteiger partial charge in [-0.1, -0.05) is 11.6 Å². The van der Waals surface area contributed by atoms with Crippen molar-refractivity contribution in [3.63, 3.8) is 0 Å². The van der Waals surface area contributed by atoms with Crippen molar-refractivity contribution in [3.05, 3.63) is 57.8 Å². The molecule has 0 aliphatic rings. The zero-order valence-corrected chi connectivity index (χ0v) is 15.5. The van der Waals surface area contributed by atoms with Crippen LogP contribution in [0.4, 0.5) is 0 Å². The fourth-order valence-corrected chi connectivity index (χ4v) is 2.51. The zero-order valence-electron chi connectivity index (χ0n) is 13.2. The summed E-state index contributed by atoms with van der Waals surface area (Å²) in [5, 5.41) is 3.18. The Labute approximate surface area is 153 Å². The number of nitrogens with zero attached hydrogens (tertiary/aromatic N) is 1. The molecule has 1 aromatic carbocycles. The van der Waals surface area contributed by atoms with Crippen LogP contribution >= 0.6 is 27.5 Å². The average Bonchev–Trinajstić information content (AvgIpc) is 2.54. The highest BCUT2D eigenvalue weighted by atomic mass is 79.9. The lowest BCUT2D eigenvalue weighted by atomic mass is 10.1. The van der Waals surface area contributed by atoms with E-state index in [-0.39, 0.29) is 12.3 Å². The number of ketones is 1. The molecular formula is C17H16BrClN2O3. The number of ether oxygens (including phenoxy) is 1. The number of hydrogen-bond acceptors (Lipinski definition) is 4. The molecule has 7 heteroatoms. The lowest BCUT2D eigenvalue weighted by molar-refractivity contribution is -0.134. The van der Waals surface area contributed by atoms with Crippen molar-refractivity contribution in [1.29, 1.82) is 0 Å². The Morgan fingerprint density at radius 1 is 1.25 bits per heavy atom. The van der Waals surface area contributed by atoms with Gasteiger partial charge in [0, 0.05) is 27.5 Å². The first-order valence-corrected chi connectivity index (χ1v) is 8.32. The number of hydrogen-bond donors (Lipinski definition) is 1. The molecule has 0 fully saturated rings. The highest BCUT2D eigenvalue weighted by molar-refractivity contribution is 9.10. The molecule has 0 aliphatic carbocycles. The van der Waals surface area contributed by atoms with E-state index in [1.165, 1.54) is 12.4 Å². The normalized spacial score (nSPS) is 11.0. The molecular weight excluding hydrogens is 396 g/mol. The first kappa shape index (κ1) is 18.4. The Morgan fingerprint density at radius 3 is 2.54 bits per heavy atom. The van der Waals surface area contributed by atoms with E-state index >= 15 is 0 Å². The number of carbonyl (C=O) groups excluding carboxylic acids is 2. The number of carbonyl (C=O) groups is 2. The number of benzene rings is 1. The molecule has 2 aromatic rings. The summed E-state index contributed by atoms with van der Waals surface area (Å²) in [7, 11) is 0. The van der Waals surface area contributed by atoms with E-state index < -0.39 is 11.5 Å². The maximum atomic E-state index is 12.3. The molecule has 0 spiro atoms. The van der Waals surface area contributed by atoms with Crippen molar-refractivity contribution in [2.24, 2.45) is 0 Å². The lowest BCUT2D eigenvalue weighted by Crippen LogP contribution is -2.48. The lowest BCUT2D eigenvalue weighted by Gasteiger charge is -2.25. The highest BCUT2D eigenvalue weighted by Gasteiger charge is 2.30. The van der Waals surface area contributed by atoms with Gasteiger partial charge in [0.15, 0.2) is 11.4 Å². The highest BCUT2D eigenvalue weighted by Crippen LogP contribution is 2.21. The van der Waals surface area contributed by atoms with Gasteiger partial charge in [-0.15, -0.1) is 0 Å². The van der Waals surface area contributed by atoms with Crippen LogP contribution in [0.15, 0.2) is 47.2 Å². The molecule has 0 atom stereocenters. The molecule has 5 nitrogen and oxygen atoms in total. The van der Waals surface area contributed by atoms with Gasteiger partial charge in [-0.3, -0.25) is 14.6 Å². The zero-order chi connectivity index (χ0) is 17.7. The van der Waals surface area contributed by atoms with Gasteiger partial charge in [0.25, 0.3) is 5.91 Å². The van der Waals surface area contributed by atoms with Gasteiger partial charge in [-0.25, -0.2) is 0 Å². The van der Waals surface area contributed by atoms with E-state index in [2.05, 4.69) is 26.2 Å². The number of Topliss-reactive ketones (excluding diaryl/α,β-unsaturated/α-hetero) is 1. The minimum atomic E-state index is -1.14. The minimum Gasteiger partial charge on any atom is -0.478 e. The second-order valence-electron chi connectivity index (χ2n) is 5.53. The van der Waals surface area contributed by atoms with Crippen molar-refractivity contribution >= 4 is 39.2 Å². The second kappa shape index (κ2) is 7.77. The van der Waals surface area contributed by atoms with Crippen LogP contribution in [0.2, 0.25) is 5.02 Å². The summed E-state index contributed by atoms with van der Waals surface area (Å²) in [6, 6.07) is 8.30. The van der Waals surface area contributed by atoms with Gasteiger partial charge < -0.3 is 10.1 Å². The maximum absolute atomic E-state index is 12.3. The number of rotatable bonds is 6. The SMILES string of the molecule is CC(C)(Oc1ccc(Cl)cc1)C(=O)NCC(=O)c1ccncc1Br. The van der Waals surface area contributed by atoms with Gasteiger partial charge in [0.2, 0.25) is 0 Å². The standard InChI is InChI=1S/C17H16BrClN2O3/c1-17(2,24-12-5-3-11(19)4-6-12)16(23)21-10-15(22)13-7-8-20-9-14(13)18/h3-9H,10H2,1-2H3,(H,21,23). The quantitative estimate of drug-likeness (QED) is 0.737. The van der Waals surface area contributed by atoms with Crippen LogP contribution in [-0.4, -0.2) is 28.8 Å². The largest absolute Gasteiger partial charge is 0.478 e. The third-order valence-electron chi connectivity index (χ3n) is 3.22. The monoisotopic (exact) mass is 410 g/mol. The fourth-order valence-electron chi connectivity index (χ4n) is 1.91. The number of amides is 1. The van der Waals surface area contributed by atoms with Crippen molar-refractivity contribution in [2.45, 2.75) is 19.4 Å². The van der Waals surface area contributed by atoms with Crippen molar-refractivity contribution < 1.29 is 14.3 Å². The van der Waals surface area contributed by atoms with E-state index in [1.54, 1.807) is 44.2 Å². The molecule has 2 rings (SSSR count). The third-order valence-corrected chi connectivity index (χ3v) is 4.10.